The molecule has 0 aliphatic heterocycles. The maximum absolute atomic E-state index is 11.6. The third-order valence-electron chi connectivity index (χ3n) is 2.72. The molecule has 0 radical (unpaired) electrons. The summed E-state index contributed by atoms with van der Waals surface area (Å²) in [6.07, 6.45) is 3.97. The van der Waals surface area contributed by atoms with Crippen molar-refractivity contribution >= 4 is 5.91 Å². The Kier molecular flexibility index (Phi) is 6.50. The van der Waals surface area contributed by atoms with Crippen molar-refractivity contribution < 1.29 is 9.21 Å². The second kappa shape index (κ2) is 7.93. The fourth-order valence-electron chi connectivity index (χ4n) is 1.71. The van der Waals surface area contributed by atoms with Gasteiger partial charge in [0, 0.05) is 31.5 Å². The van der Waals surface area contributed by atoms with Crippen molar-refractivity contribution in [2.24, 2.45) is 0 Å². The molecule has 1 unspecified atom stereocenters. The van der Waals surface area contributed by atoms with E-state index >= 15 is 0 Å². The first-order valence-electron chi connectivity index (χ1n) is 6.63. The lowest BCUT2D eigenvalue weighted by atomic mass is 10.1. The van der Waals surface area contributed by atoms with E-state index in [-0.39, 0.29) is 11.9 Å². The molecule has 1 aromatic rings. The molecule has 0 aliphatic carbocycles. The smallest absolute Gasteiger partial charge is 0.221 e. The van der Waals surface area contributed by atoms with Gasteiger partial charge in [0.2, 0.25) is 5.91 Å². The van der Waals surface area contributed by atoms with Crippen LogP contribution in [0.25, 0.3) is 0 Å². The fraction of sp³-hybridized carbons (Fsp3) is 0.643. The third-order valence-corrected chi connectivity index (χ3v) is 2.72. The molecule has 0 aliphatic rings. The van der Waals surface area contributed by atoms with E-state index in [9.17, 15) is 4.79 Å². The molecule has 4 heteroatoms. The molecule has 0 bridgehead atoms. The first-order chi connectivity index (χ1) is 8.58. The fourth-order valence-corrected chi connectivity index (χ4v) is 1.71. The summed E-state index contributed by atoms with van der Waals surface area (Å²) in [5.41, 5.74) is 0. The molecule has 2 N–H and O–H groups in total. The standard InChI is InChI=1S/C14H24N2O2/c1-11(2)15-9-8-14(17)16-12(3)6-7-13-5-4-10-18-13/h4-5,10-12,15H,6-9H2,1-3H3,(H,16,17). The quantitative estimate of drug-likeness (QED) is 0.745. The van der Waals surface area contributed by atoms with Crippen molar-refractivity contribution in [2.75, 3.05) is 6.54 Å². The first kappa shape index (κ1) is 14.8. The van der Waals surface area contributed by atoms with E-state index in [1.54, 1.807) is 6.26 Å². The van der Waals surface area contributed by atoms with Gasteiger partial charge in [0.15, 0.2) is 0 Å². The van der Waals surface area contributed by atoms with Crippen LogP contribution in [0.2, 0.25) is 0 Å². The van der Waals surface area contributed by atoms with Gasteiger partial charge in [-0.3, -0.25) is 4.79 Å². The maximum atomic E-state index is 11.6. The Bertz CT molecular complexity index is 334. The molecule has 1 heterocycles. The van der Waals surface area contributed by atoms with E-state index in [0.717, 1.165) is 25.1 Å². The summed E-state index contributed by atoms with van der Waals surface area (Å²) in [5.74, 6) is 1.08. The Morgan fingerprint density at radius 2 is 2.17 bits per heavy atom. The Labute approximate surface area is 109 Å². The summed E-state index contributed by atoms with van der Waals surface area (Å²) in [7, 11) is 0. The topological polar surface area (TPSA) is 54.3 Å². The van der Waals surface area contributed by atoms with Crippen molar-refractivity contribution in [1.29, 1.82) is 0 Å². The molecule has 0 saturated carbocycles. The maximum Gasteiger partial charge on any atom is 0.221 e. The SMILES string of the molecule is CC(C)NCCC(=O)NC(C)CCc1ccco1. The number of hydrogen-bond acceptors (Lipinski definition) is 3. The van der Waals surface area contributed by atoms with Crippen LogP contribution in [-0.4, -0.2) is 24.5 Å². The van der Waals surface area contributed by atoms with Crippen molar-refractivity contribution in [3.8, 4) is 0 Å². The van der Waals surface area contributed by atoms with Crippen LogP contribution in [0.1, 0.15) is 39.4 Å². The van der Waals surface area contributed by atoms with Gasteiger partial charge in [-0.2, -0.15) is 0 Å². The van der Waals surface area contributed by atoms with Crippen molar-refractivity contribution in [3.05, 3.63) is 24.2 Å². The zero-order chi connectivity index (χ0) is 13.4. The summed E-state index contributed by atoms with van der Waals surface area (Å²) >= 11 is 0. The highest BCUT2D eigenvalue weighted by molar-refractivity contribution is 5.76. The van der Waals surface area contributed by atoms with Crippen molar-refractivity contribution in [2.45, 2.75) is 52.1 Å². The molecule has 18 heavy (non-hydrogen) atoms. The highest BCUT2D eigenvalue weighted by atomic mass is 16.3. The molecule has 4 nitrogen and oxygen atoms in total. The highest BCUT2D eigenvalue weighted by Gasteiger charge is 2.08. The summed E-state index contributed by atoms with van der Waals surface area (Å²) < 4.78 is 5.26. The number of carbonyl (C=O) groups excluding carboxylic acids is 1. The van der Waals surface area contributed by atoms with E-state index in [2.05, 4.69) is 24.5 Å². The van der Waals surface area contributed by atoms with Crippen LogP contribution in [0.3, 0.4) is 0 Å². The predicted molar refractivity (Wildman–Crippen MR) is 72.4 cm³/mol. The number of hydrogen-bond donors (Lipinski definition) is 2. The summed E-state index contributed by atoms with van der Waals surface area (Å²) in [6.45, 7) is 6.90. The Balaban J connectivity index is 2.11. The first-order valence-corrected chi connectivity index (χ1v) is 6.63. The number of rotatable bonds is 8. The predicted octanol–water partition coefficient (Wildman–Crippen LogP) is 2.10. The molecule has 0 saturated heterocycles. The number of amides is 1. The van der Waals surface area contributed by atoms with Gasteiger partial charge in [-0.25, -0.2) is 0 Å². The van der Waals surface area contributed by atoms with Crippen LogP contribution < -0.4 is 10.6 Å². The summed E-state index contributed by atoms with van der Waals surface area (Å²) in [5, 5.41) is 6.22. The molecule has 0 spiro atoms. The largest absolute Gasteiger partial charge is 0.469 e. The minimum absolute atomic E-state index is 0.107. The van der Waals surface area contributed by atoms with E-state index in [4.69, 9.17) is 4.42 Å². The van der Waals surface area contributed by atoms with Crippen LogP contribution in [0.15, 0.2) is 22.8 Å². The van der Waals surface area contributed by atoms with Gasteiger partial charge in [-0.15, -0.1) is 0 Å². The van der Waals surface area contributed by atoms with E-state index in [0.29, 0.717) is 12.5 Å². The van der Waals surface area contributed by atoms with Gasteiger partial charge >= 0.3 is 0 Å². The van der Waals surface area contributed by atoms with E-state index < -0.39 is 0 Å². The van der Waals surface area contributed by atoms with Gasteiger partial charge in [0.25, 0.3) is 0 Å². The molecule has 102 valence electrons. The second-order valence-electron chi connectivity index (χ2n) is 4.95. The number of nitrogens with one attached hydrogen (secondary N) is 2. The van der Waals surface area contributed by atoms with Crippen molar-refractivity contribution in [1.82, 2.24) is 10.6 Å². The lowest BCUT2D eigenvalue weighted by Gasteiger charge is -2.14. The number of carbonyl (C=O) groups is 1. The molecule has 0 aromatic carbocycles. The average molecular weight is 252 g/mol. The minimum atomic E-state index is 0.107. The summed E-state index contributed by atoms with van der Waals surface area (Å²) in [6, 6.07) is 4.45. The molecular formula is C14H24N2O2. The Morgan fingerprint density at radius 3 is 2.78 bits per heavy atom. The van der Waals surface area contributed by atoms with Crippen molar-refractivity contribution in [3.63, 3.8) is 0 Å². The van der Waals surface area contributed by atoms with E-state index in [1.807, 2.05) is 19.1 Å². The van der Waals surface area contributed by atoms with Gasteiger partial charge in [0.05, 0.1) is 6.26 Å². The average Bonchev–Trinajstić information content (AvgIpc) is 2.78. The minimum Gasteiger partial charge on any atom is -0.469 e. The van der Waals surface area contributed by atoms with Gasteiger partial charge < -0.3 is 15.1 Å². The van der Waals surface area contributed by atoms with Crippen LogP contribution >= 0.6 is 0 Å². The summed E-state index contributed by atoms with van der Waals surface area (Å²) in [4.78, 5) is 11.6. The highest BCUT2D eigenvalue weighted by Crippen LogP contribution is 2.05. The van der Waals surface area contributed by atoms with Crippen LogP contribution in [0, 0.1) is 0 Å². The zero-order valence-electron chi connectivity index (χ0n) is 11.5. The van der Waals surface area contributed by atoms with Gasteiger partial charge in [0.1, 0.15) is 5.76 Å². The van der Waals surface area contributed by atoms with E-state index in [1.165, 1.54) is 0 Å². The molecule has 1 amide bonds. The van der Waals surface area contributed by atoms with Crippen LogP contribution in [-0.2, 0) is 11.2 Å². The van der Waals surface area contributed by atoms with Crippen LogP contribution in [0.4, 0.5) is 0 Å². The van der Waals surface area contributed by atoms with Crippen LogP contribution in [0.5, 0.6) is 0 Å². The number of aryl methyl sites for hydroxylation is 1. The van der Waals surface area contributed by atoms with Gasteiger partial charge in [-0.05, 0) is 25.5 Å². The normalized spacial score (nSPS) is 12.7. The third kappa shape index (κ3) is 6.45. The van der Waals surface area contributed by atoms with Gasteiger partial charge in [-0.1, -0.05) is 13.8 Å². The second-order valence-corrected chi connectivity index (χ2v) is 4.95. The molecule has 1 atom stereocenters. The Hall–Kier alpha value is -1.29. The number of furan rings is 1. The lowest BCUT2D eigenvalue weighted by molar-refractivity contribution is -0.121. The molecular weight excluding hydrogens is 228 g/mol. The molecule has 1 rings (SSSR count). The zero-order valence-corrected chi connectivity index (χ0v) is 11.5. The molecule has 0 fully saturated rings. The lowest BCUT2D eigenvalue weighted by Crippen LogP contribution is -2.35. The Morgan fingerprint density at radius 1 is 1.39 bits per heavy atom. The molecule has 1 aromatic heterocycles. The monoisotopic (exact) mass is 252 g/mol.